The van der Waals surface area contributed by atoms with E-state index in [2.05, 4.69) is 6.58 Å². The lowest BCUT2D eigenvalue weighted by Gasteiger charge is -2.24. The van der Waals surface area contributed by atoms with Crippen LogP contribution in [-0.4, -0.2) is 12.6 Å². The second-order valence-corrected chi connectivity index (χ2v) is 4.01. The quantitative estimate of drug-likeness (QED) is 0.593. The van der Waals surface area contributed by atoms with Crippen molar-refractivity contribution >= 4 is 5.97 Å². The molecule has 1 aromatic carbocycles. The van der Waals surface area contributed by atoms with E-state index in [0.29, 0.717) is 5.56 Å². The van der Waals surface area contributed by atoms with E-state index in [1.807, 2.05) is 18.2 Å². The van der Waals surface area contributed by atoms with Crippen molar-refractivity contribution in [3.63, 3.8) is 0 Å². The van der Waals surface area contributed by atoms with E-state index in [0.717, 1.165) is 37.7 Å². The second kappa shape index (κ2) is 5.64. The SMILES string of the molecule is C=COC(=O)c1ccccc1C1CCCCO1. The number of benzene rings is 1. The fourth-order valence-electron chi connectivity index (χ4n) is 2.09. The van der Waals surface area contributed by atoms with Gasteiger partial charge in [0, 0.05) is 6.61 Å². The van der Waals surface area contributed by atoms with Crippen LogP contribution in [0, 0.1) is 0 Å². The van der Waals surface area contributed by atoms with Crippen molar-refractivity contribution in [1.29, 1.82) is 0 Å². The molecule has 0 aliphatic carbocycles. The molecule has 1 heterocycles. The topological polar surface area (TPSA) is 35.5 Å². The number of esters is 1. The van der Waals surface area contributed by atoms with Gasteiger partial charge in [-0.3, -0.25) is 0 Å². The van der Waals surface area contributed by atoms with Crippen molar-refractivity contribution in [3.05, 3.63) is 48.2 Å². The molecule has 0 saturated carbocycles. The fourth-order valence-corrected chi connectivity index (χ4v) is 2.09. The molecule has 3 nitrogen and oxygen atoms in total. The van der Waals surface area contributed by atoms with Crippen LogP contribution in [0.4, 0.5) is 0 Å². The Hall–Kier alpha value is -1.61. The van der Waals surface area contributed by atoms with Gasteiger partial charge in [0.25, 0.3) is 0 Å². The first-order valence-corrected chi connectivity index (χ1v) is 5.85. The third-order valence-corrected chi connectivity index (χ3v) is 2.90. The Balaban J connectivity index is 2.25. The second-order valence-electron chi connectivity index (χ2n) is 4.01. The summed E-state index contributed by atoms with van der Waals surface area (Å²) < 4.78 is 10.5. The average molecular weight is 232 g/mol. The van der Waals surface area contributed by atoms with Crippen LogP contribution in [0.15, 0.2) is 37.1 Å². The lowest BCUT2D eigenvalue weighted by atomic mass is 9.97. The molecule has 1 aliphatic heterocycles. The maximum Gasteiger partial charge on any atom is 0.343 e. The van der Waals surface area contributed by atoms with Crippen LogP contribution in [0.2, 0.25) is 0 Å². The Bertz CT molecular complexity index is 406. The highest BCUT2D eigenvalue weighted by Crippen LogP contribution is 2.30. The Kier molecular flexibility index (Phi) is 3.94. The number of hydrogen-bond donors (Lipinski definition) is 0. The van der Waals surface area contributed by atoms with Crippen LogP contribution >= 0.6 is 0 Å². The molecule has 1 aromatic rings. The Morgan fingerprint density at radius 3 is 2.94 bits per heavy atom. The maximum absolute atomic E-state index is 11.8. The summed E-state index contributed by atoms with van der Waals surface area (Å²) >= 11 is 0. The number of rotatable bonds is 3. The lowest BCUT2D eigenvalue weighted by Crippen LogP contribution is -2.15. The molecule has 0 aromatic heterocycles. The summed E-state index contributed by atoms with van der Waals surface area (Å²) in [6, 6.07) is 7.43. The largest absolute Gasteiger partial charge is 0.432 e. The highest BCUT2D eigenvalue weighted by molar-refractivity contribution is 5.91. The van der Waals surface area contributed by atoms with Crippen LogP contribution in [0.1, 0.15) is 41.3 Å². The predicted molar refractivity (Wildman–Crippen MR) is 64.6 cm³/mol. The minimum Gasteiger partial charge on any atom is -0.432 e. The van der Waals surface area contributed by atoms with Crippen LogP contribution in [0.25, 0.3) is 0 Å². The third-order valence-electron chi connectivity index (χ3n) is 2.90. The van der Waals surface area contributed by atoms with Crippen LogP contribution in [0.3, 0.4) is 0 Å². The van der Waals surface area contributed by atoms with E-state index in [1.54, 1.807) is 6.07 Å². The molecule has 1 atom stereocenters. The van der Waals surface area contributed by atoms with Gasteiger partial charge in [-0.25, -0.2) is 4.79 Å². The highest BCUT2D eigenvalue weighted by atomic mass is 16.5. The van der Waals surface area contributed by atoms with Gasteiger partial charge in [-0.2, -0.15) is 0 Å². The van der Waals surface area contributed by atoms with Crippen molar-refractivity contribution in [1.82, 2.24) is 0 Å². The lowest BCUT2D eigenvalue weighted by molar-refractivity contribution is 0.0138. The van der Waals surface area contributed by atoms with Gasteiger partial charge < -0.3 is 9.47 Å². The van der Waals surface area contributed by atoms with Crippen LogP contribution in [0.5, 0.6) is 0 Å². The minimum absolute atomic E-state index is 0.0114. The van der Waals surface area contributed by atoms with Crippen molar-refractivity contribution in [2.75, 3.05) is 6.61 Å². The summed E-state index contributed by atoms with van der Waals surface area (Å²) in [5.41, 5.74) is 1.48. The molecule has 3 heteroatoms. The Labute approximate surface area is 101 Å². The van der Waals surface area contributed by atoms with E-state index < -0.39 is 0 Å². The summed E-state index contributed by atoms with van der Waals surface area (Å²) in [6.07, 6.45) is 4.35. The van der Waals surface area contributed by atoms with Gasteiger partial charge in [0.15, 0.2) is 0 Å². The monoisotopic (exact) mass is 232 g/mol. The zero-order chi connectivity index (χ0) is 12.1. The number of ether oxygens (including phenoxy) is 2. The Morgan fingerprint density at radius 1 is 1.41 bits per heavy atom. The highest BCUT2D eigenvalue weighted by Gasteiger charge is 2.22. The summed E-state index contributed by atoms with van der Waals surface area (Å²) in [6.45, 7) is 4.15. The van der Waals surface area contributed by atoms with Gasteiger partial charge in [0.1, 0.15) is 0 Å². The molecule has 0 radical (unpaired) electrons. The molecule has 17 heavy (non-hydrogen) atoms. The standard InChI is InChI=1S/C14H16O3/c1-2-16-14(15)12-8-4-3-7-11(12)13-9-5-6-10-17-13/h2-4,7-8,13H,1,5-6,9-10H2. The van der Waals surface area contributed by atoms with Gasteiger partial charge in [-0.15, -0.1) is 0 Å². The van der Waals surface area contributed by atoms with Crippen molar-refractivity contribution < 1.29 is 14.3 Å². The molecule has 1 aliphatic rings. The van der Waals surface area contributed by atoms with E-state index in [1.165, 1.54) is 0 Å². The molecule has 2 rings (SSSR count). The van der Waals surface area contributed by atoms with Gasteiger partial charge in [0.05, 0.1) is 17.9 Å². The smallest absolute Gasteiger partial charge is 0.343 e. The van der Waals surface area contributed by atoms with Gasteiger partial charge in [-0.1, -0.05) is 24.8 Å². The molecule has 0 spiro atoms. The maximum atomic E-state index is 11.8. The average Bonchev–Trinajstić information content (AvgIpc) is 2.40. The summed E-state index contributed by atoms with van der Waals surface area (Å²) in [4.78, 5) is 11.8. The van der Waals surface area contributed by atoms with E-state index in [4.69, 9.17) is 9.47 Å². The van der Waals surface area contributed by atoms with E-state index >= 15 is 0 Å². The van der Waals surface area contributed by atoms with E-state index in [9.17, 15) is 4.79 Å². The molecular weight excluding hydrogens is 216 g/mol. The number of carbonyl (C=O) groups excluding carboxylic acids is 1. The van der Waals surface area contributed by atoms with Crippen molar-refractivity contribution in [2.45, 2.75) is 25.4 Å². The zero-order valence-corrected chi connectivity index (χ0v) is 9.72. The number of carbonyl (C=O) groups is 1. The molecular formula is C14H16O3. The van der Waals surface area contributed by atoms with Gasteiger partial charge >= 0.3 is 5.97 Å². The molecule has 0 bridgehead atoms. The molecule has 1 fully saturated rings. The zero-order valence-electron chi connectivity index (χ0n) is 9.72. The summed E-state index contributed by atoms with van der Waals surface area (Å²) in [5, 5.41) is 0. The van der Waals surface area contributed by atoms with E-state index in [-0.39, 0.29) is 12.1 Å². The molecule has 0 amide bonds. The fraction of sp³-hybridized carbons (Fsp3) is 0.357. The number of hydrogen-bond acceptors (Lipinski definition) is 3. The van der Waals surface area contributed by atoms with Gasteiger partial charge in [-0.05, 0) is 30.9 Å². The van der Waals surface area contributed by atoms with Crippen LogP contribution in [-0.2, 0) is 9.47 Å². The third kappa shape index (κ3) is 2.74. The first kappa shape index (κ1) is 11.9. The molecule has 90 valence electrons. The predicted octanol–water partition coefficient (Wildman–Crippen LogP) is 3.23. The summed E-state index contributed by atoms with van der Waals surface area (Å²) in [7, 11) is 0. The molecule has 1 saturated heterocycles. The van der Waals surface area contributed by atoms with Crippen molar-refractivity contribution in [3.8, 4) is 0 Å². The normalized spacial score (nSPS) is 19.6. The van der Waals surface area contributed by atoms with Crippen molar-refractivity contribution in [2.24, 2.45) is 0 Å². The first-order chi connectivity index (χ1) is 8.33. The van der Waals surface area contributed by atoms with Crippen LogP contribution < -0.4 is 0 Å². The minimum atomic E-state index is -0.371. The first-order valence-electron chi connectivity index (χ1n) is 5.85. The molecule has 0 N–H and O–H groups in total. The molecule has 1 unspecified atom stereocenters. The Morgan fingerprint density at radius 2 is 2.24 bits per heavy atom. The van der Waals surface area contributed by atoms with Gasteiger partial charge in [0.2, 0.25) is 0 Å². The summed E-state index contributed by atoms with van der Waals surface area (Å²) in [5.74, 6) is -0.371.